The molecule has 2 N–H and O–H groups in total. The smallest absolute Gasteiger partial charge is 0.307 e. The summed E-state index contributed by atoms with van der Waals surface area (Å²) in [5.41, 5.74) is 1.38. The van der Waals surface area contributed by atoms with Crippen molar-refractivity contribution in [3.63, 3.8) is 0 Å². The van der Waals surface area contributed by atoms with Gasteiger partial charge in [0.25, 0.3) is 5.91 Å². The van der Waals surface area contributed by atoms with Crippen molar-refractivity contribution < 1.29 is 19.1 Å². The van der Waals surface area contributed by atoms with Gasteiger partial charge in [-0.25, -0.2) is 0 Å². The fraction of sp³-hybridized carbons (Fsp3) is 0.158. The van der Waals surface area contributed by atoms with E-state index in [0.717, 1.165) is 4.90 Å². The number of ether oxygens (including phenoxy) is 1. The first-order chi connectivity index (χ1) is 13.5. The SMILES string of the molecule is N#Cc1ccc(NC(=O)COC(=O)C[C@@H]2Sc3ccccc3NC2=O)cc1Cl. The first-order valence-corrected chi connectivity index (χ1v) is 9.43. The predicted molar refractivity (Wildman–Crippen MR) is 105 cm³/mol. The average Bonchev–Trinajstić information content (AvgIpc) is 2.67. The van der Waals surface area contributed by atoms with Crippen molar-refractivity contribution in [1.82, 2.24) is 0 Å². The van der Waals surface area contributed by atoms with E-state index < -0.39 is 23.7 Å². The van der Waals surface area contributed by atoms with Gasteiger partial charge in [-0.1, -0.05) is 23.7 Å². The number of para-hydroxylation sites is 1. The van der Waals surface area contributed by atoms with Gasteiger partial charge in [-0.05, 0) is 30.3 Å². The van der Waals surface area contributed by atoms with Crippen molar-refractivity contribution in [2.75, 3.05) is 17.2 Å². The van der Waals surface area contributed by atoms with Gasteiger partial charge >= 0.3 is 5.97 Å². The van der Waals surface area contributed by atoms with Gasteiger partial charge in [0.1, 0.15) is 6.07 Å². The molecule has 2 amide bonds. The molecule has 0 radical (unpaired) electrons. The average molecular weight is 416 g/mol. The molecule has 7 nitrogen and oxygen atoms in total. The third-order valence-electron chi connectivity index (χ3n) is 3.80. The highest BCUT2D eigenvalue weighted by Gasteiger charge is 2.29. The molecule has 1 heterocycles. The van der Waals surface area contributed by atoms with E-state index in [1.807, 2.05) is 24.3 Å². The minimum atomic E-state index is -0.653. The molecule has 1 aliphatic heterocycles. The number of hydrogen-bond donors (Lipinski definition) is 2. The molecule has 1 atom stereocenters. The molecule has 9 heteroatoms. The number of benzene rings is 2. The molecule has 142 valence electrons. The summed E-state index contributed by atoms with van der Waals surface area (Å²) in [7, 11) is 0. The second kappa shape index (κ2) is 8.78. The molecule has 3 rings (SSSR count). The molecule has 0 aliphatic carbocycles. The molecule has 0 saturated carbocycles. The second-order valence-electron chi connectivity index (χ2n) is 5.81. The lowest BCUT2D eigenvalue weighted by Crippen LogP contribution is -2.32. The Morgan fingerprint density at radius 2 is 2.07 bits per heavy atom. The molecule has 0 saturated heterocycles. The van der Waals surface area contributed by atoms with E-state index >= 15 is 0 Å². The lowest BCUT2D eigenvalue weighted by atomic mass is 10.2. The van der Waals surface area contributed by atoms with Crippen LogP contribution in [-0.2, 0) is 19.1 Å². The van der Waals surface area contributed by atoms with Crippen molar-refractivity contribution in [3.8, 4) is 6.07 Å². The maximum atomic E-state index is 12.1. The number of nitrogens with one attached hydrogen (secondary N) is 2. The number of carbonyl (C=O) groups is 3. The fourth-order valence-corrected chi connectivity index (χ4v) is 3.78. The number of nitriles is 1. The van der Waals surface area contributed by atoms with Crippen molar-refractivity contribution >= 4 is 52.5 Å². The maximum Gasteiger partial charge on any atom is 0.307 e. The van der Waals surface area contributed by atoms with Gasteiger partial charge in [-0.15, -0.1) is 11.8 Å². The number of rotatable bonds is 5. The first kappa shape index (κ1) is 19.7. The minimum absolute atomic E-state index is 0.152. The predicted octanol–water partition coefficient (Wildman–Crippen LogP) is 3.20. The Hall–Kier alpha value is -3.02. The van der Waals surface area contributed by atoms with E-state index in [-0.39, 0.29) is 22.9 Å². The molecule has 0 spiro atoms. The zero-order valence-corrected chi connectivity index (χ0v) is 16.0. The highest BCUT2D eigenvalue weighted by molar-refractivity contribution is 8.01. The maximum absolute atomic E-state index is 12.1. The van der Waals surface area contributed by atoms with Crippen LogP contribution in [0.4, 0.5) is 11.4 Å². The molecule has 28 heavy (non-hydrogen) atoms. The highest BCUT2D eigenvalue weighted by Crippen LogP contribution is 2.36. The van der Waals surface area contributed by atoms with Crippen LogP contribution >= 0.6 is 23.4 Å². The summed E-state index contributed by atoms with van der Waals surface area (Å²) in [5, 5.41) is 13.7. The molecule has 2 aromatic rings. The van der Waals surface area contributed by atoms with Gasteiger partial charge < -0.3 is 15.4 Å². The van der Waals surface area contributed by atoms with E-state index in [1.54, 1.807) is 6.07 Å². The number of amides is 2. The van der Waals surface area contributed by atoms with Crippen LogP contribution in [-0.4, -0.2) is 29.6 Å². The van der Waals surface area contributed by atoms with E-state index in [9.17, 15) is 14.4 Å². The summed E-state index contributed by atoms with van der Waals surface area (Å²) in [6.07, 6.45) is -0.152. The fourth-order valence-electron chi connectivity index (χ4n) is 2.46. The lowest BCUT2D eigenvalue weighted by molar-refractivity contribution is -0.147. The number of anilines is 2. The summed E-state index contributed by atoms with van der Waals surface area (Å²) in [6.45, 7) is -0.494. The number of carbonyl (C=O) groups excluding carboxylic acids is 3. The van der Waals surface area contributed by atoms with Crippen LogP contribution in [0.1, 0.15) is 12.0 Å². The molecule has 0 fully saturated rings. The largest absolute Gasteiger partial charge is 0.456 e. The van der Waals surface area contributed by atoms with Crippen LogP contribution < -0.4 is 10.6 Å². The Morgan fingerprint density at radius 3 is 2.82 bits per heavy atom. The monoisotopic (exact) mass is 415 g/mol. The van der Waals surface area contributed by atoms with Crippen molar-refractivity contribution in [2.45, 2.75) is 16.6 Å². The van der Waals surface area contributed by atoms with Gasteiger partial charge in [-0.2, -0.15) is 5.26 Å². The topological polar surface area (TPSA) is 108 Å². The van der Waals surface area contributed by atoms with E-state index in [2.05, 4.69) is 10.6 Å². The zero-order valence-electron chi connectivity index (χ0n) is 14.4. The standard InChI is InChI=1S/C19H14ClN3O4S/c20-13-7-12(6-5-11(13)9-21)22-17(24)10-27-18(25)8-16-19(26)23-14-3-1-2-4-15(14)28-16/h1-7,16H,8,10H2,(H,22,24)(H,23,26)/t16-/m0/s1. The molecular formula is C19H14ClN3O4S. The summed E-state index contributed by atoms with van der Waals surface area (Å²) in [5.74, 6) is -1.49. The van der Waals surface area contributed by atoms with Gasteiger partial charge in [-0.3, -0.25) is 14.4 Å². The van der Waals surface area contributed by atoms with Gasteiger partial charge in [0.15, 0.2) is 6.61 Å². The van der Waals surface area contributed by atoms with Crippen LogP contribution in [0.25, 0.3) is 0 Å². The van der Waals surface area contributed by atoms with E-state index in [1.165, 1.54) is 30.0 Å². The van der Waals surface area contributed by atoms with E-state index in [4.69, 9.17) is 21.6 Å². The number of esters is 1. The normalized spacial score (nSPS) is 15.0. The molecular weight excluding hydrogens is 402 g/mol. The summed E-state index contributed by atoms with van der Waals surface area (Å²) < 4.78 is 4.96. The van der Waals surface area contributed by atoms with Crippen molar-refractivity contribution in [1.29, 1.82) is 5.26 Å². The number of hydrogen-bond acceptors (Lipinski definition) is 6. The number of fused-ring (bicyclic) bond motifs is 1. The van der Waals surface area contributed by atoms with Crippen LogP contribution in [0.2, 0.25) is 5.02 Å². The molecule has 0 aromatic heterocycles. The van der Waals surface area contributed by atoms with Crippen molar-refractivity contribution in [2.24, 2.45) is 0 Å². The zero-order chi connectivity index (χ0) is 20.1. The first-order valence-electron chi connectivity index (χ1n) is 8.18. The summed E-state index contributed by atoms with van der Waals surface area (Å²) in [4.78, 5) is 36.9. The van der Waals surface area contributed by atoms with Crippen LogP contribution in [0.5, 0.6) is 0 Å². The third-order valence-corrected chi connectivity index (χ3v) is 5.38. The molecule has 0 unspecified atom stereocenters. The quantitative estimate of drug-likeness (QED) is 0.726. The highest BCUT2D eigenvalue weighted by atomic mass is 35.5. The van der Waals surface area contributed by atoms with Crippen molar-refractivity contribution in [3.05, 3.63) is 53.1 Å². The lowest BCUT2D eigenvalue weighted by Gasteiger charge is -2.23. The second-order valence-corrected chi connectivity index (χ2v) is 7.46. The summed E-state index contributed by atoms with van der Waals surface area (Å²) in [6, 6.07) is 13.6. The number of halogens is 1. The Labute approximate surface area is 170 Å². The Morgan fingerprint density at radius 1 is 1.29 bits per heavy atom. The Bertz CT molecular complexity index is 989. The molecule has 0 bridgehead atoms. The van der Waals surface area contributed by atoms with Crippen LogP contribution in [0.15, 0.2) is 47.4 Å². The third kappa shape index (κ3) is 4.82. The van der Waals surface area contributed by atoms with Gasteiger partial charge in [0.05, 0.1) is 27.9 Å². The van der Waals surface area contributed by atoms with Gasteiger partial charge in [0.2, 0.25) is 5.91 Å². The van der Waals surface area contributed by atoms with Gasteiger partial charge in [0, 0.05) is 10.6 Å². The molecule has 1 aliphatic rings. The van der Waals surface area contributed by atoms with E-state index in [0.29, 0.717) is 11.4 Å². The Balaban J connectivity index is 1.49. The molecule has 2 aromatic carbocycles. The number of thioether (sulfide) groups is 1. The van der Waals surface area contributed by atoms with Crippen LogP contribution in [0, 0.1) is 11.3 Å². The summed E-state index contributed by atoms with van der Waals surface area (Å²) >= 11 is 7.18. The number of nitrogens with zero attached hydrogens (tertiary/aromatic N) is 1. The minimum Gasteiger partial charge on any atom is -0.456 e. The van der Waals surface area contributed by atoms with Crippen LogP contribution in [0.3, 0.4) is 0 Å². The Kier molecular flexibility index (Phi) is 6.19.